The Morgan fingerprint density at radius 2 is 2.00 bits per heavy atom. The van der Waals surface area contributed by atoms with Crippen molar-refractivity contribution in [2.24, 2.45) is 17.8 Å². The molecule has 1 aliphatic carbocycles. The number of carbonyl (C=O) groups excluding carboxylic acids is 2. The molecule has 2 fully saturated rings. The van der Waals surface area contributed by atoms with Gasteiger partial charge in [0.25, 0.3) is 5.91 Å². The van der Waals surface area contributed by atoms with Crippen LogP contribution in [0.5, 0.6) is 11.5 Å². The minimum absolute atomic E-state index is 0.0500. The smallest absolute Gasteiger partial charge is 0.258 e. The van der Waals surface area contributed by atoms with E-state index in [-0.39, 0.29) is 36.4 Å². The number of rotatable bonds is 6. The van der Waals surface area contributed by atoms with Crippen molar-refractivity contribution in [2.45, 2.75) is 51.6 Å². The second-order valence-corrected chi connectivity index (χ2v) is 7.67. The lowest BCUT2D eigenvalue weighted by atomic mass is 9.67. The lowest BCUT2D eigenvalue weighted by Gasteiger charge is -2.46. The van der Waals surface area contributed by atoms with Crippen molar-refractivity contribution in [2.75, 3.05) is 13.7 Å². The maximum atomic E-state index is 12.3. The molecule has 1 aliphatic heterocycles. The zero-order chi connectivity index (χ0) is 19.4. The summed E-state index contributed by atoms with van der Waals surface area (Å²) in [5.41, 5.74) is 0. The topological polar surface area (TPSA) is 76.7 Å². The molecule has 3 rings (SSSR count). The molecule has 2 amide bonds. The molecule has 0 spiro atoms. The van der Waals surface area contributed by atoms with Crippen LogP contribution in [0.15, 0.2) is 24.3 Å². The van der Waals surface area contributed by atoms with Crippen LogP contribution in [0.1, 0.15) is 39.5 Å². The standard InChI is InChI=1S/C21H30N2O4/c1-4-15-13(2)16-10-9-14(11-17(16)23-21(15)25)22-20(24)12-27-19-8-6-5-7-18(19)26-3/h5-8,13-17H,4,9-12H2,1-3H3,(H,22,24)(H,23,25). The number of amides is 2. The van der Waals surface area contributed by atoms with Gasteiger partial charge in [0.2, 0.25) is 5.91 Å². The van der Waals surface area contributed by atoms with Crippen LogP contribution in [0.3, 0.4) is 0 Å². The first kappa shape index (κ1) is 19.5. The monoisotopic (exact) mass is 374 g/mol. The van der Waals surface area contributed by atoms with Crippen LogP contribution in [0.25, 0.3) is 0 Å². The van der Waals surface area contributed by atoms with E-state index in [0.29, 0.717) is 23.3 Å². The number of para-hydroxylation sites is 2. The number of piperidine rings is 1. The molecule has 2 N–H and O–H groups in total. The normalized spacial score (nSPS) is 30.0. The summed E-state index contributed by atoms with van der Waals surface area (Å²) in [7, 11) is 1.57. The van der Waals surface area contributed by atoms with Crippen LogP contribution in [-0.2, 0) is 9.59 Å². The Labute approximate surface area is 161 Å². The SMILES string of the molecule is CCC1C(=O)NC2CC(NC(=O)COc3ccccc3OC)CCC2C1C. The molecule has 148 valence electrons. The second-order valence-electron chi connectivity index (χ2n) is 7.67. The number of benzene rings is 1. The minimum Gasteiger partial charge on any atom is -0.493 e. The molecule has 1 heterocycles. The first-order valence-corrected chi connectivity index (χ1v) is 9.89. The van der Waals surface area contributed by atoms with E-state index in [9.17, 15) is 9.59 Å². The highest BCUT2D eigenvalue weighted by molar-refractivity contribution is 5.80. The van der Waals surface area contributed by atoms with Gasteiger partial charge >= 0.3 is 0 Å². The minimum atomic E-state index is -0.147. The Balaban J connectivity index is 1.51. The van der Waals surface area contributed by atoms with E-state index in [1.54, 1.807) is 19.2 Å². The van der Waals surface area contributed by atoms with E-state index < -0.39 is 0 Å². The largest absolute Gasteiger partial charge is 0.493 e. The molecule has 1 aromatic rings. The highest BCUT2D eigenvalue weighted by atomic mass is 16.5. The summed E-state index contributed by atoms with van der Waals surface area (Å²) in [6, 6.07) is 7.50. The number of methoxy groups -OCH3 is 1. The van der Waals surface area contributed by atoms with Gasteiger partial charge in [-0.2, -0.15) is 0 Å². The average Bonchev–Trinajstić information content (AvgIpc) is 2.66. The van der Waals surface area contributed by atoms with Crippen molar-refractivity contribution >= 4 is 11.8 Å². The second kappa shape index (κ2) is 8.63. The van der Waals surface area contributed by atoms with Crippen molar-refractivity contribution in [3.63, 3.8) is 0 Å². The number of carbonyl (C=O) groups is 2. The maximum Gasteiger partial charge on any atom is 0.258 e. The van der Waals surface area contributed by atoms with Crippen molar-refractivity contribution in [3.8, 4) is 11.5 Å². The van der Waals surface area contributed by atoms with Crippen molar-refractivity contribution in [3.05, 3.63) is 24.3 Å². The average molecular weight is 374 g/mol. The van der Waals surface area contributed by atoms with E-state index in [4.69, 9.17) is 9.47 Å². The van der Waals surface area contributed by atoms with E-state index >= 15 is 0 Å². The molecule has 2 aliphatic rings. The summed E-state index contributed by atoms with van der Waals surface area (Å²) in [6.45, 7) is 4.23. The number of ether oxygens (including phenoxy) is 2. The van der Waals surface area contributed by atoms with E-state index in [0.717, 1.165) is 25.7 Å². The van der Waals surface area contributed by atoms with Gasteiger partial charge in [0.1, 0.15) is 0 Å². The first-order valence-electron chi connectivity index (χ1n) is 9.89. The van der Waals surface area contributed by atoms with Gasteiger partial charge in [-0.05, 0) is 49.7 Å². The summed E-state index contributed by atoms with van der Waals surface area (Å²) in [6.07, 6.45) is 3.65. The third kappa shape index (κ3) is 4.37. The molecule has 5 unspecified atom stereocenters. The molecule has 27 heavy (non-hydrogen) atoms. The summed E-state index contributed by atoms with van der Waals surface area (Å²) in [5, 5.41) is 6.25. The fraction of sp³-hybridized carbons (Fsp3) is 0.619. The fourth-order valence-corrected chi connectivity index (χ4v) is 4.66. The van der Waals surface area contributed by atoms with Crippen molar-refractivity contribution < 1.29 is 19.1 Å². The molecular formula is C21H30N2O4. The molecule has 1 aromatic carbocycles. The molecule has 6 heteroatoms. The van der Waals surface area contributed by atoms with Crippen LogP contribution in [0.2, 0.25) is 0 Å². The predicted octanol–water partition coefficient (Wildman–Crippen LogP) is 2.52. The van der Waals surface area contributed by atoms with E-state index in [1.807, 2.05) is 12.1 Å². The molecule has 5 atom stereocenters. The Morgan fingerprint density at radius 3 is 2.70 bits per heavy atom. The molecule has 1 saturated carbocycles. The van der Waals surface area contributed by atoms with Gasteiger partial charge in [-0.1, -0.05) is 26.0 Å². The van der Waals surface area contributed by atoms with Crippen LogP contribution in [0.4, 0.5) is 0 Å². The van der Waals surface area contributed by atoms with Gasteiger partial charge in [0.15, 0.2) is 18.1 Å². The van der Waals surface area contributed by atoms with Crippen LogP contribution >= 0.6 is 0 Å². The van der Waals surface area contributed by atoms with Crippen LogP contribution < -0.4 is 20.1 Å². The maximum absolute atomic E-state index is 12.3. The molecule has 1 saturated heterocycles. The molecule has 0 aromatic heterocycles. The highest BCUT2D eigenvalue weighted by Gasteiger charge is 2.43. The quantitative estimate of drug-likeness (QED) is 0.802. The Hall–Kier alpha value is -2.24. The fourth-order valence-electron chi connectivity index (χ4n) is 4.66. The number of nitrogens with one attached hydrogen (secondary N) is 2. The number of hydrogen-bond acceptors (Lipinski definition) is 4. The summed E-state index contributed by atoms with van der Waals surface area (Å²) in [5.74, 6) is 2.20. The summed E-state index contributed by atoms with van der Waals surface area (Å²) >= 11 is 0. The van der Waals surface area contributed by atoms with Gasteiger partial charge in [-0.25, -0.2) is 0 Å². The van der Waals surface area contributed by atoms with E-state index in [2.05, 4.69) is 24.5 Å². The molecule has 0 radical (unpaired) electrons. The van der Waals surface area contributed by atoms with Crippen molar-refractivity contribution in [1.82, 2.24) is 10.6 Å². The highest BCUT2D eigenvalue weighted by Crippen LogP contribution is 2.38. The predicted molar refractivity (Wildman–Crippen MR) is 103 cm³/mol. The van der Waals surface area contributed by atoms with Gasteiger partial charge in [-0.3, -0.25) is 9.59 Å². The van der Waals surface area contributed by atoms with Gasteiger partial charge in [-0.15, -0.1) is 0 Å². The van der Waals surface area contributed by atoms with Gasteiger partial charge in [0, 0.05) is 18.0 Å². The van der Waals surface area contributed by atoms with Crippen molar-refractivity contribution in [1.29, 1.82) is 0 Å². The molecular weight excluding hydrogens is 344 g/mol. The Morgan fingerprint density at radius 1 is 1.26 bits per heavy atom. The summed E-state index contributed by atoms with van der Waals surface area (Å²) < 4.78 is 10.8. The molecule has 0 bridgehead atoms. The number of fused-ring (bicyclic) bond motifs is 1. The third-order valence-corrected chi connectivity index (χ3v) is 6.11. The van der Waals surface area contributed by atoms with Gasteiger partial charge < -0.3 is 20.1 Å². The molecule has 6 nitrogen and oxygen atoms in total. The Kier molecular flexibility index (Phi) is 6.24. The summed E-state index contributed by atoms with van der Waals surface area (Å²) in [4.78, 5) is 24.6. The zero-order valence-corrected chi connectivity index (χ0v) is 16.4. The Bertz CT molecular complexity index is 678. The van der Waals surface area contributed by atoms with Crippen LogP contribution in [0, 0.1) is 17.8 Å². The number of hydrogen-bond donors (Lipinski definition) is 2. The first-order chi connectivity index (χ1) is 13.0. The lowest BCUT2D eigenvalue weighted by Crippen LogP contribution is -2.58. The third-order valence-electron chi connectivity index (χ3n) is 6.11. The van der Waals surface area contributed by atoms with E-state index in [1.165, 1.54) is 0 Å². The lowest BCUT2D eigenvalue weighted by molar-refractivity contribution is -0.133. The zero-order valence-electron chi connectivity index (χ0n) is 16.4. The van der Waals surface area contributed by atoms with Gasteiger partial charge in [0.05, 0.1) is 7.11 Å². The van der Waals surface area contributed by atoms with Crippen LogP contribution in [-0.4, -0.2) is 37.6 Å².